The molecule has 0 aliphatic carbocycles. The Hall–Kier alpha value is -2.56. The molecule has 20 heavy (non-hydrogen) atoms. The van der Waals surface area contributed by atoms with E-state index in [-0.39, 0.29) is 5.91 Å². The molecule has 3 aromatic rings. The number of carbonyl (C=O) groups is 1. The first kappa shape index (κ1) is 12.5. The third-order valence-electron chi connectivity index (χ3n) is 3.20. The van der Waals surface area contributed by atoms with Gasteiger partial charge < -0.3 is 9.73 Å². The summed E-state index contributed by atoms with van der Waals surface area (Å²) in [5, 5.41) is 2.91. The van der Waals surface area contributed by atoms with Gasteiger partial charge in [0.2, 0.25) is 0 Å². The van der Waals surface area contributed by atoms with Gasteiger partial charge in [0.1, 0.15) is 11.3 Å². The highest BCUT2D eigenvalue weighted by Crippen LogP contribution is 2.11. The van der Waals surface area contributed by atoms with E-state index in [1.54, 1.807) is 12.5 Å². The van der Waals surface area contributed by atoms with Crippen molar-refractivity contribution in [3.8, 4) is 0 Å². The van der Waals surface area contributed by atoms with Crippen LogP contribution >= 0.6 is 0 Å². The number of carbonyl (C=O) groups excluding carboxylic acids is 1. The average Bonchev–Trinajstić information content (AvgIpc) is 3.04. The van der Waals surface area contributed by atoms with Crippen molar-refractivity contribution in [3.63, 3.8) is 0 Å². The second-order valence-electron chi connectivity index (χ2n) is 4.61. The molecule has 0 saturated heterocycles. The molecule has 0 atom stereocenters. The second-order valence-corrected chi connectivity index (χ2v) is 4.61. The quantitative estimate of drug-likeness (QED) is 0.790. The van der Waals surface area contributed by atoms with E-state index in [4.69, 9.17) is 4.42 Å². The number of fused-ring (bicyclic) bond motifs is 1. The number of aromatic nitrogens is 2. The predicted molar refractivity (Wildman–Crippen MR) is 74.7 cm³/mol. The number of hydrogen-bond donors (Lipinski definition) is 1. The summed E-state index contributed by atoms with van der Waals surface area (Å²) in [7, 11) is 0. The van der Waals surface area contributed by atoms with Crippen LogP contribution in [-0.2, 0) is 6.42 Å². The first-order chi connectivity index (χ1) is 9.75. The Labute approximate surface area is 116 Å². The highest BCUT2D eigenvalue weighted by Gasteiger charge is 2.15. The average molecular weight is 269 g/mol. The standard InChI is InChI=1S/C15H15N3O2/c1-11-14(18-8-3-2-4-13(18)17-11)15(19)16-7-5-12-6-9-20-10-12/h2-4,6,8-10H,5,7H2,1H3,(H,16,19). The first-order valence-electron chi connectivity index (χ1n) is 6.48. The van der Waals surface area contributed by atoms with Crippen LogP contribution in [0.1, 0.15) is 21.7 Å². The Bertz CT molecular complexity index is 729. The number of amides is 1. The Balaban J connectivity index is 1.74. The molecule has 102 valence electrons. The lowest BCUT2D eigenvalue weighted by Crippen LogP contribution is -2.27. The molecule has 5 heteroatoms. The minimum atomic E-state index is -0.107. The van der Waals surface area contributed by atoms with E-state index < -0.39 is 0 Å². The third kappa shape index (κ3) is 2.30. The molecule has 5 nitrogen and oxygen atoms in total. The summed E-state index contributed by atoms with van der Waals surface area (Å²) >= 11 is 0. The van der Waals surface area contributed by atoms with Crippen LogP contribution in [0.15, 0.2) is 47.4 Å². The molecule has 0 spiro atoms. The molecule has 0 saturated carbocycles. The molecule has 3 heterocycles. The minimum Gasteiger partial charge on any atom is -0.472 e. The van der Waals surface area contributed by atoms with Gasteiger partial charge in [0, 0.05) is 12.7 Å². The monoisotopic (exact) mass is 269 g/mol. The summed E-state index contributed by atoms with van der Waals surface area (Å²) in [5.74, 6) is -0.107. The molecule has 3 aromatic heterocycles. The lowest BCUT2D eigenvalue weighted by molar-refractivity contribution is 0.0947. The Morgan fingerprint density at radius 2 is 2.30 bits per heavy atom. The highest BCUT2D eigenvalue weighted by atomic mass is 16.3. The van der Waals surface area contributed by atoms with Gasteiger partial charge in [-0.1, -0.05) is 6.07 Å². The molecule has 0 fully saturated rings. The summed E-state index contributed by atoms with van der Waals surface area (Å²) < 4.78 is 6.80. The molecule has 0 aliphatic rings. The molecule has 0 aromatic carbocycles. The van der Waals surface area contributed by atoms with E-state index in [0.717, 1.165) is 23.3 Å². The van der Waals surface area contributed by atoms with Crippen molar-refractivity contribution in [2.24, 2.45) is 0 Å². The molecule has 0 radical (unpaired) electrons. The van der Waals surface area contributed by atoms with Crippen LogP contribution in [-0.4, -0.2) is 21.8 Å². The molecule has 3 rings (SSSR count). The van der Waals surface area contributed by atoms with E-state index >= 15 is 0 Å². The fraction of sp³-hybridized carbons (Fsp3) is 0.200. The van der Waals surface area contributed by atoms with Gasteiger partial charge in [-0.25, -0.2) is 4.98 Å². The summed E-state index contributed by atoms with van der Waals surface area (Å²) in [5.41, 5.74) is 3.18. The number of furan rings is 1. The van der Waals surface area contributed by atoms with Crippen molar-refractivity contribution in [1.82, 2.24) is 14.7 Å². The zero-order chi connectivity index (χ0) is 13.9. The van der Waals surface area contributed by atoms with Crippen molar-refractivity contribution in [1.29, 1.82) is 0 Å². The van der Waals surface area contributed by atoms with Gasteiger partial charge in [-0.15, -0.1) is 0 Å². The summed E-state index contributed by atoms with van der Waals surface area (Å²) in [6.45, 7) is 2.41. The zero-order valence-corrected chi connectivity index (χ0v) is 11.2. The van der Waals surface area contributed by atoms with Crippen molar-refractivity contribution in [3.05, 3.63) is 59.9 Å². The SMILES string of the molecule is Cc1nc2ccccn2c1C(=O)NCCc1ccoc1. The largest absolute Gasteiger partial charge is 0.472 e. The van der Waals surface area contributed by atoms with Crippen LogP contribution in [0, 0.1) is 6.92 Å². The van der Waals surface area contributed by atoms with Gasteiger partial charge >= 0.3 is 0 Å². The van der Waals surface area contributed by atoms with Crippen molar-refractivity contribution in [2.45, 2.75) is 13.3 Å². The molecular weight excluding hydrogens is 254 g/mol. The van der Waals surface area contributed by atoms with E-state index in [0.29, 0.717) is 12.2 Å². The van der Waals surface area contributed by atoms with E-state index in [1.807, 2.05) is 41.8 Å². The predicted octanol–water partition coefficient (Wildman–Crippen LogP) is 2.21. The summed E-state index contributed by atoms with van der Waals surface area (Å²) in [4.78, 5) is 16.7. The Morgan fingerprint density at radius 1 is 1.40 bits per heavy atom. The lowest BCUT2D eigenvalue weighted by atomic mass is 10.2. The normalized spacial score (nSPS) is 10.8. The van der Waals surface area contributed by atoms with Crippen molar-refractivity contribution in [2.75, 3.05) is 6.54 Å². The van der Waals surface area contributed by atoms with Crippen molar-refractivity contribution < 1.29 is 9.21 Å². The summed E-state index contributed by atoms with van der Waals surface area (Å²) in [6.07, 6.45) is 5.91. The smallest absolute Gasteiger partial charge is 0.270 e. The van der Waals surface area contributed by atoms with Gasteiger partial charge in [-0.3, -0.25) is 9.20 Å². The third-order valence-corrected chi connectivity index (χ3v) is 3.20. The zero-order valence-electron chi connectivity index (χ0n) is 11.2. The maximum Gasteiger partial charge on any atom is 0.270 e. The minimum absolute atomic E-state index is 0.107. The Kier molecular flexibility index (Phi) is 3.25. The van der Waals surface area contributed by atoms with Gasteiger partial charge in [-0.05, 0) is 37.1 Å². The van der Waals surface area contributed by atoms with Crippen LogP contribution in [0.3, 0.4) is 0 Å². The van der Waals surface area contributed by atoms with Crippen LogP contribution in [0.25, 0.3) is 5.65 Å². The maximum atomic E-state index is 12.3. The number of pyridine rings is 1. The van der Waals surface area contributed by atoms with Crippen molar-refractivity contribution >= 4 is 11.6 Å². The summed E-state index contributed by atoms with van der Waals surface area (Å²) in [6, 6.07) is 7.57. The fourth-order valence-electron chi connectivity index (χ4n) is 2.23. The van der Waals surface area contributed by atoms with Gasteiger partial charge in [-0.2, -0.15) is 0 Å². The second kappa shape index (κ2) is 5.21. The van der Waals surface area contributed by atoms with Crippen LogP contribution in [0.5, 0.6) is 0 Å². The molecule has 1 amide bonds. The lowest BCUT2D eigenvalue weighted by Gasteiger charge is -2.05. The number of nitrogens with one attached hydrogen (secondary N) is 1. The molecule has 0 bridgehead atoms. The fourth-order valence-corrected chi connectivity index (χ4v) is 2.23. The van der Waals surface area contributed by atoms with Crippen LogP contribution in [0.4, 0.5) is 0 Å². The number of rotatable bonds is 4. The van der Waals surface area contributed by atoms with E-state index in [9.17, 15) is 4.79 Å². The number of hydrogen-bond acceptors (Lipinski definition) is 3. The molecule has 0 unspecified atom stereocenters. The number of imidazole rings is 1. The molecular formula is C15H15N3O2. The van der Waals surface area contributed by atoms with Gasteiger partial charge in [0.25, 0.3) is 5.91 Å². The van der Waals surface area contributed by atoms with Gasteiger partial charge in [0.15, 0.2) is 0 Å². The Morgan fingerprint density at radius 3 is 3.10 bits per heavy atom. The van der Waals surface area contributed by atoms with E-state index in [2.05, 4.69) is 10.3 Å². The maximum absolute atomic E-state index is 12.3. The molecule has 1 N–H and O–H groups in total. The highest BCUT2D eigenvalue weighted by molar-refractivity contribution is 5.94. The number of nitrogens with zero attached hydrogens (tertiary/aromatic N) is 2. The topological polar surface area (TPSA) is 59.5 Å². The van der Waals surface area contributed by atoms with E-state index in [1.165, 1.54) is 0 Å². The van der Waals surface area contributed by atoms with Crippen LogP contribution in [0.2, 0.25) is 0 Å². The molecule has 0 aliphatic heterocycles. The number of aryl methyl sites for hydroxylation is 1. The van der Waals surface area contributed by atoms with Crippen LogP contribution < -0.4 is 5.32 Å². The first-order valence-corrected chi connectivity index (χ1v) is 6.48. The van der Waals surface area contributed by atoms with Gasteiger partial charge in [0.05, 0.1) is 18.2 Å².